The number of rotatable bonds is 1. The molecule has 1 aromatic carbocycles. The molecule has 2 aliphatic rings. The Kier molecular flexibility index (Phi) is 3.43. The van der Waals surface area contributed by atoms with Crippen molar-refractivity contribution in [2.75, 3.05) is 6.61 Å². The van der Waals surface area contributed by atoms with Crippen LogP contribution in [-0.2, 0) is 5.41 Å². The topological polar surface area (TPSA) is 53.2 Å². The van der Waals surface area contributed by atoms with E-state index in [4.69, 9.17) is 4.74 Å². The third-order valence-electron chi connectivity index (χ3n) is 5.00. The van der Waals surface area contributed by atoms with Crippen molar-refractivity contribution in [1.29, 1.82) is 5.26 Å². The minimum absolute atomic E-state index is 0.507. The number of aliphatic hydroxyl groups is 1. The van der Waals surface area contributed by atoms with Gasteiger partial charge >= 0.3 is 0 Å². The van der Waals surface area contributed by atoms with E-state index in [0.29, 0.717) is 13.0 Å². The molecule has 1 aliphatic heterocycles. The van der Waals surface area contributed by atoms with E-state index in [9.17, 15) is 10.4 Å². The maximum absolute atomic E-state index is 11.3. The van der Waals surface area contributed by atoms with E-state index >= 15 is 0 Å². The number of hydrogen-bond acceptors (Lipinski definition) is 3. The molecule has 1 fully saturated rings. The van der Waals surface area contributed by atoms with Crippen molar-refractivity contribution in [2.24, 2.45) is 0 Å². The van der Waals surface area contributed by atoms with Gasteiger partial charge < -0.3 is 9.84 Å². The first-order valence-corrected chi connectivity index (χ1v) is 7.58. The normalized spacial score (nSPS) is 28.6. The number of para-hydroxylation sites is 1. The summed E-state index contributed by atoms with van der Waals surface area (Å²) in [6.45, 7) is 0.507. The quantitative estimate of drug-likeness (QED) is 0.797. The first kappa shape index (κ1) is 13.5. The monoisotopic (exact) mass is 271 g/mol. The van der Waals surface area contributed by atoms with Gasteiger partial charge in [-0.3, -0.25) is 0 Å². The summed E-state index contributed by atoms with van der Waals surface area (Å²) in [5.74, 6) is 0.762. The van der Waals surface area contributed by atoms with Gasteiger partial charge in [0.15, 0.2) is 0 Å². The number of fused-ring (bicyclic) bond motifs is 1. The van der Waals surface area contributed by atoms with E-state index in [1.807, 2.05) is 24.3 Å². The summed E-state index contributed by atoms with van der Waals surface area (Å²) in [7, 11) is 0. The Morgan fingerprint density at radius 3 is 2.45 bits per heavy atom. The third-order valence-corrected chi connectivity index (χ3v) is 5.00. The Labute approximate surface area is 120 Å². The lowest BCUT2D eigenvalue weighted by Crippen LogP contribution is -2.53. The average molecular weight is 271 g/mol. The summed E-state index contributed by atoms with van der Waals surface area (Å²) in [6, 6.07) is 10.2. The zero-order chi connectivity index (χ0) is 14.1. The molecule has 1 heterocycles. The Bertz CT molecular complexity index is 526. The largest absolute Gasteiger partial charge is 0.493 e. The molecule has 0 radical (unpaired) electrons. The minimum Gasteiger partial charge on any atom is -0.493 e. The molecule has 1 atom stereocenters. The SMILES string of the molecule is N#CC1(C2(O)CCCCCC2)CCOc2ccccc21. The first-order chi connectivity index (χ1) is 9.72. The summed E-state index contributed by atoms with van der Waals surface area (Å²) in [5, 5.41) is 21.2. The van der Waals surface area contributed by atoms with Gasteiger partial charge in [-0.05, 0) is 18.9 Å². The maximum atomic E-state index is 11.3. The second-order valence-electron chi connectivity index (χ2n) is 6.06. The molecule has 3 heteroatoms. The van der Waals surface area contributed by atoms with Crippen LogP contribution >= 0.6 is 0 Å². The minimum atomic E-state index is -0.919. The highest BCUT2D eigenvalue weighted by Gasteiger charge is 2.54. The second-order valence-corrected chi connectivity index (χ2v) is 6.06. The molecule has 1 aromatic rings. The molecule has 1 aliphatic carbocycles. The van der Waals surface area contributed by atoms with Gasteiger partial charge in [0.05, 0.1) is 18.3 Å². The van der Waals surface area contributed by atoms with Gasteiger partial charge in [-0.2, -0.15) is 5.26 Å². The maximum Gasteiger partial charge on any atom is 0.124 e. The average Bonchev–Trinajstić information content (AvgIpc) is 2.72. The van der Waals surface area contributed by atoms with Crippen molar-refractivity contribution in [3.8, 4) is 11.8 Å². The fourth-order valence-corrected chi connectivity index (χ4v) is 3.84. The van der Waals surface area contributed by atoms with Crippen molar-refractivity contribution in [1.82, 2.24) is 0 Å². The van der Waals surface area contributed by atoms with Crippen LogP contribution < -0.4 is 4.74 Å². The lowest BCUT2D eigenvalue weighted by molar-refractivity contribution is -0.0441. The highest BCUT2D eigenvalue weighted by Crippen LogP contribution is 2.50. The Balaban J connectivity index is 2.10. The molecule has 0 aromatic heterocycles. The van der Waals surface area contributed by atoms with Gasteiger partial charge in [-0.25, -0.2) is 0 Å². The van der Waals surface area contributed by atoms with Crippen molar-refractivity contribution >= 4 is 0 Å². The lowest BCUT2D eigenvalue weighted by atomic mass is 9.62. The van der Waals surface area contributed by atoms with Crippen LogP contribution in [0.5, 0.6) is 5.75 Å². The Morgan fingerprint density at radius 1 is 1.05 bits per heavy atom. The number of ether oxygens (including phenoxy) is 1. The van der Waals surface area contributed by atoms with Gasteiger partial charge in [-0.1, -0.05) is 43.9 Å². The Hall–Kier alpha value is -1.53. The summed E-state index contributed by atoms with van der Waals surface area (Å²) in [6.07, 6.45) is 6.33. The fraction of sp³-hybridized carbons (Fsp3) is 0.588. The standard InChI is InChI=1S/C17H21NO2/c18-13-16(17(19)9-5-1-2-6-10-17)11-12-20-15-8-4-3-7-14(15)16/h3-4,7-8,19H,1-2,5-6,9-12H2. The first-order valence-electron chi connectivity index (χ1n) is 7.58. The molecule has 3 nitrogen and oxygen atoms in total. The number of hydrogen-bond donors (Lipinski definition) is 1. The van der Waals surface area contributed by atoms with Gasteiger partial charge in [0, 0.05) is 12.0 Å². The lowest BCUT2D eigenvalue weighted by Gasteiger charge is -2.45. The van der Waals surface area contributed by atoms with Gasteiger partial charge in [-0.15, -0.1) is 0 Å². The summed E-state index contributed by atoms with van der Waals surface area (Å²) in [4.78, 5) is 0. The van der Waals surface area contributed by atoms with Crippen LogP contribution in [0.3, 0.4) is 0 Å². The molecular weight excluding hydrogens is 250 g/mol. The summed E-state index contributed by atoms with van der Waals surface area (Å²) >= 11 is 0. The van der Waals surface area contributed by atoms with Gasteiger partial charge in [0.25, 0.3) is 0 Å². The Morgan fingerprint density at radius 2 is 1.75 bits per heavy atom. The highest BCUT2D eigenvalue weighted by molar-refractivity contribution is 5.48. The molecule has 106 valence electrons. The van der Waals surface area contributed by atoms with Crippen molar-refractivity contribution in [3.05, 3.63) is 29.8 Å². The van der Waals surface area contributed by atoms with Crippen molar-refractivity contribution < 1.29 is 9.84 Å². The van der Waals surface area contributed by atoms with Crippen LogP contribution in [-0.4, -0.2) is 17.3 Å². The molecule has 0 bridgehead atoms. The summed E-state index contributed by atoms with van der Waals surface area (Å²) in [5.41, 5.74) is -0.859. The summed E-state index contributed by atoms with van der Waals surface area (Å²) < 4.78 is 5.69. The molecule has 1 N–H and O–H groups in total. The van der Waals surface area contributed by atoms with Gasteiger partial charge in [0.2, 0.25) is 0 Å². The van der Waals surface area contributed by atoms with E-state index in [2.05, 4.69) is 6.07 Å². The van der Waals surface area contributed by atoms with Crippen LogP contribution in [0, 0.1) is 11.3 Å². The van der Waals surface area contributed by atoms with Crippen LogP contribution in [0.4, 0.5) is 0 Å². The van der Waals surface area contributed by atoms with E-state index in [0.717, 1.165) is 49.8 Å². The van der Waals surface area contributed by atoms with E-state index in [-0.39, 0.29) is 0 Å². The smallest absolute Gasteiger partial charge is 0.124 e. The van der Waals surface area contributed by atoms with E-state index in [1.165, 1.54) is 0 Å². The molecule has 20 heavy (non-hydrogen) atoms. The number of nitriles is 1. The van der Waals surface area contributed by atoms with Crippen LogP contribution in [0.1, 0.15) is 50.5 Å². The molecule has 1 unspecified atom stereocenters. The van der Waals surface area contributed by atoms with Crippen LogP contribution in [0.2, 0.25) is 0 Å². The molecule has 3 rings (SSSR count). The van der Waals surface area contributed by atoms with Crippen LogP contribution in [0.25, 0.3) is 0 Å². The highest BCUT2D eigenvalue weighted by atomic mass is 16.5. The zero-order valence-corrected chi connectivity index (χ0v) is 11.8. The van der Waals surface area contributed by atoms with Crippen LogP contribution in [0.15, 0.2) is 24.3 Å². The number of benzene rings is 1. The molecule has 0 saturated heterocycles. The molecule has 0 spiro atoms. The second kappa shape index (κ2) is 5.10. The molecular formula is C17H21NO2. The van der Waals surface area contributed by atoms with E-state index in [1.54, 1.807) is 0 Å². The van der Waals surface area contributed by atoms with E-state index < -0.39 is 11.0 Å². The molecule has 0 amide bonds. The van der Waals surface area contributed by atoms with Gasteiger partial charge in [0.1, 0.15) is 11.2 Å². The predicted molar refractivity (Wildman–Crippen MR) is 76.5 cm³/mol. The predicted octanol–water partition coefficient (Wildman–Crippen LogP) is 3.32. The number of nitrogens with zero attached hydrogens (tertiary/aromatic N) is 1. The van der Waals surface area contributed by atoms with Crippen molar-refractivity contribution in [2.45, 2.75) is 56.0 Å². The fourth-order valence-electron chi connectivity index (χ4n) is 3.84. The zero-order valence-electron chi connectivity index (χ0n) is 11.8. The van der Waals surface area contributed by atoms with Crippen molar-refractivity contribution in [3.63, 3.8) is 0 Å². The molecule has 1 saturated carbocycles. The third kappa shape index (κ3) is 1.91.